The van der Waals surface area contributed by atoms with Crippen LogP contribution in [0.2, 0.25) is 0 Å². The minimum atomic E-state index is 0.470. The van der Waals surface area contributed by atoms with Crippen molar-refractivity contribution < 1.29 is 4.74 Å². The van der Waals surface area contributed by atoms with Gasteiger partial charge >= 0.3 is 0 Å². The molecule has 0 unspecified atom stereocenters. The molecule has 0 aliphatic rings. The molecule has 0 spiro atoms. The monoisotopic (exact) mass is 187 g/mol. The average molecular weight is 187 g/mol. The maximum Gasteiger partial charge on any atom is 0.0478 e. The van der Waals surface area contributed by atoms with Gasteiger partial charge in [0.2, 0.25) is 0 Å². The van der Waals surface area contributed by atoms with E-state index in [1.54, 1.807) is 0 Å². The van der Waals surface area contributed by atoms with Crippen LogP contribution in [0.5, 0.6) is 0 Å². The highest BCUT2D eigenvalue weighted by Crippen LogP contribution is 2.21. The Morgan fingerprint density at radius 3 is 2.15 bits per heavy atom. The van der Waals surface area contributed by atoms with Crippen molar-refractivity contribution in [3.8, 4) is 0 Å². The number of hydrogen-bond acceptors (Lipinski definition) is 2. The largest absolute Gasteiger partial charge is 0.381 e. The van der Waals surface area contributed by atoms with Gasteiger partial charge in [0.1, 0.15) is 0 Å². The lowest BCUT2D eigenvalue weighted by Gasteiger charge is -2.17. The van der Waals surface area contributed by atoms with E-state index in [2.05, 4.69) is 20.8 Å². The Morgan fingerprint density at radius 2 is 1.62 bits per heavy atom. The molecule has 0 fully saturated rings. The van der Waals surface area contributed by atoms with Crippen LogP contribution in [-0.4, -0.2) is 19.8 Å². The van der Waals surface area contributed by atoms with Crippen LogP contribution < -0.4 is 5.73 Å². The van der Waals surface area contributed by atoms with E-state index < -0.39 is 0 Å². The number of hydrogen-bond donors (Lipinski definition) is 1. The Hall–Kier alpha value is -0.0800. The summed E-state index contributed by atoms with van der Waals surface area (Å²) in [5.41, 5.74) is 5.82. The number of unbranched alkanes of at least 4 members (excludes halogenated alkanes) is 1. The van der Waals surface area contributed by atoms with Gasteiger partial charge in [-0.25, -0.2) is 0 Å². The van der Waals surface area contributed by atoms with Crippen LogP contribution in [0, 0.1) is 5.41 Å². The molecule has 0 atom stereocenters. The van der Waals surface area contributed by atoms with Crippen molar-refractivity contribution in [2.24, 2.45) is 11.1 Å². The topological polar surface area (TPSA) is 35.2 Å². The van der Waals surface area contributed by atoms with Gasteiger partial charge in [0.05, 0.1) is 0 Å². The van der Waals surface area contributed by atoms with Crippen molar-refractivity contribution in [1.29, 1.82) is 0 Å². The molecule has 0 aliphatic carbocycles. The number of rotatable bonds is 7. The molecule has 0 aromatic carbocycles. The van der Waals surface area contributed by atoms with Crippen LogP contribution in [0.1, 0.15) is 46.5 Å². The Balaban J connectivity index is 3.00. The zero-order valence-corrected chi connectivity index (χ0v) is 9.44. The first-order valence-corrected chi connectivity index (χ1v) is 5.34. The maximum atomic E-state index is 5.41. The average Bonchev–Trinajstić information content (AvgIpc) is 2.01. The molecule has 0 radical (unpaired) electrons. The Bertz CT molecular complexity index is 107. The van der Waals surface area contributed by atoms with E-state index in [1.165, 1.54) is 19.3 Å². The van der Waals surface area contributed by atoms with Crippen LogP contribution in [0.4, 0.5) is 0 Å². The molecular weight excluding hydrogens is 162 g/mol. The lowest BCUT2D eigenvalue weighted by molar-refractivity contribution is 0.126. The molecule has 0 saturated carbocycles. The second-order valence-electron chi connectivity index (χ2n) is 4.77. The van der Waals surface area contributed by atoms with E-state index in [0.717, 1.165) is 26.2 Å². The van der Waals surface area contributed by atoms with E-state index in [-0.39, 0.29) is 0 Å². The summed E-state index contributed by atoms with van der Waals surface area (Å²) in [5, 5.41) is 0. The minimum Gasteiger partial charge on any atom is -0.381 e. The van der Waals surface area contributed by atoms with Crippen LogP contribution in [-0.2, 0) is 4.74 Å². The minimum absolute atomic E-state index is 0.470. The quantitative estimate of drug-likeness (QED) is 0.622. The summed E-state index contributed by atoms with van der Waals surface area (Å²) in [4.78, 5) is 0. The van der Waals surface area contributed by atoms with E-state index in [0.29, 0.717) is 5.41 Å². The highest BCUT2D eigenvalue weighted by atomic mass is 16.5. The van der Waals surface area contributed by atoms with Crippen molar-refractivity contribution in [2.75, 3.05) is 19.8 Å². The molecule has 0 rings (SSSR count). The van der Waals surface area contributed by atoms with Gasteiger partial charge in [-0.2, -0.15) is 0 Å². The first-order valence-electron chi connectivity index (χ1n) is 5.34. The summed E-state index contributed by atoms with van der Waals surface area (Å²) in [7, 11) is 0. The molecule has 2 N–H and O–H groups in total. The second kappa shape index (κ2) is 7.34. The highest BCUT2D eigenvalue weighted by molar-refractivity contribution is 4.60. The molecule has 0 heterocycles. The van der Waals surface area contributed by atoms with E-state index in [4.69, 9.17) is 10.5 Å². The summed E-state index contributed by atoms with van der Waals surface area (Å²) < 4.78 is 5.41. The SMILES string of the molecule is CC(C)(C)CCCCOCCCN. The van der Waals surface area contributed by atoms with Gasteiger partial charge in [0.25, 0.3) is 0 Å². The highest BCUT2D eigenvalue weighted by Gasteiger charge is 2.08. The molecule has 0 aromatic heterocycles. The summed E-state index contributed by atoms with van der Waals surface area (Å²) in [6.45, 7) is 9.30. The standard InChI is InChI=1S/C11H25NO/c1-11(2,3)7-4-5-9-13-10-6-8-12/h4-10,12H2,1-3H3. The van der Waals surface area contributed by atoms with E-state index >= 15 is 0 Å². The van der Waals surface area contributed by atoms with Crippen LogP contribution >= 0.6 is 0 Å². The van der Waals surface area contributed by atoms with Gasteiger partial charge < -0.3 is 10.5 Å². The predicted octanol–water partition coefficient (Wildman–Crippen LogP) is 2.57. The summed E-state index contributed by atoms with van der Waals surface area (Å²) in [6.07, 6.45) is 4.72. The third-order valence-corrected chi connectivity index (χ3v) is 1.96. The molecule has 2 nitrogen and oxygen atoms in total. The zero-order valence-electron chi connectivity index (χ0n) is 9.44. The van der Waals surface area contributed by atoms with E-state index in [9.17, 15) is 0 Å². The number of ether oxygens (including phenoxy) is 1. The fourth-order valence-electron chi connectivity index (χ4n) is 1.15. The smallest absolute Gasteiger partial charge is 0.0478 e. The van der Waals surface area contributed by atoms with Gasteiger partial charge in [-0.05, 0) is 31.2 Å². The molecule has 13 heavy (non-hydrogen) atoms. The fraction of sp³-hybridized carbons (Fsp3) is 1.00. The third-order valence-electron chi connectivity index (χ3n) is 1.96. The first-order chi connectivity index (χ1) is 6.06. The van der Waals surface area contributed by atoms with Crippen molar-refractivity contribution in [1.82, 2.24) is 0 Å². The fourth-order valence-corrected chi connectivity index (χ4v) is 1.15. The van der Waals surface area contributed by atoms with Crippen LogP contribution in [0.25, 0.3) is 0 Å². The van der Waals surface area contributed by atoms with Crippen molar-refractivity contribution in [3.63, 3.8) is 0 Å². The molecule has 0 bridgehead atoms. The van der Waals surface area contributed by atoms with Gasteiger partial charge in [0.15, 0.2) is 0 Å². The van der Waals surface area contributed by atoms with Gasteiger partial charge in [-0.3, -0.25) is 0 Å². The number of nitrogens with two attached hydrogens (primary N) is 1. The molecule has 80 valence electrons. The lowest BCUT2D eigenvalue weighted by atomic mass is 9.90. The van der Waals surface area contributed by atoms with Crippen molar-refractivity contribution >= 4 is 0 Å². The second-order valence-corrected chi connectivity index (χ2v) is 4.77. The van der Waals surface area contributed by atoms with Gasteiger partial charge in [-0.15, -0.1) is 0 Å². The van der Waals surface area contributed by atoms with Crippen LogP contribution in [0.3, 0.4) is 0 Å². The molecular formula is C11H25NO. The van der Waals surface area contributed by atoms with Crippen molar-refractivity contribution in [3.05, 3.63) is 0 Å². The third kappa shape index (κ3) is 11.9. The van der Waals surface area contributed by atoms with Gasteiger partial charge in [-0.1, -0.05) is 27.2 Å². The first kappa shape index (κ1) is 12.9. The Morgan fingerprint density at radius 1 is 1.00 bits per heavy atom. The molecule has 0 aromatic rings. The van der Waals surface area contributed by atoms with Crippen molar-refractivity contribution in [2.45, 2.75) is 46.5 Å². The molecule has 0 saturated heterocycles. The van der Waals surface area contributed by atoms with Crippen LogP contribution in [0.15, 0.2) is 0 Å². The maximum absolute atomic E-state index is 5.41. The molecule has 2 heteroatoms. The zero-order chi connectivity index (χ0) is 10.2. The summed E-state index contributed by atoms with van der Waals surface area (Å²) in [5.74, 6) is 0. The Kier molecular flexibility index (Phi) is 7.29. The molecule has 0 amide bonds. The lowest BCUT2D eigenvalue weighted by Crippen LogP contribution is -2.07. The Labute approximate surface area is 82.8 Å². The predicted molar refractivity (Wildman–Crippen MR) is 57.8 cm³/mol. The summed E-state index contributed by atoms with van der Waals surface area (Å²) in [6, 6.07) is 0. The van der Waals surface area contributed by atoms with E-state index in [1.807, 2.05) is 0 Å². The normalized spacial score (nSPS) is 12.0. The summed E-state index contributed by atoms with van der Waals surface area (Å²) >= 11 is 0. The van der Waals surface area contributed by atoms with Gasteiger partial charge in [0, 0.05) is 13.2 Å². The molecule has 0 aliphatic heterocycles.